The summed E-state index contributed by atoms with van der Waals surface area (Å²) in [6.07, 6.45) is 3.37. The summed E-state index contributed by atoms with van der Waals surface area (Å²) in [4.78, 5) is 14.9. The van der Waals surface area contributed by atoms with Gasteiger partial charge in [-0.05, 0) is 42.9 Å². The summed E-state index contributed by atoms with van der Waals surface area (Å²) in [5.74, 6) is 0.196. The maximum Gasteiger partial charge on any atom is 0.310 e. The molecule has 2 bridgehead atoms. The fraction of sp³-hybridized carbons (Fsp3) is 0.650. The summed E-state index contributed by atoms with van der Waals surface area (Å²) in [6.45, 7) is 6.69. The van der Waals surface area contributed by atoms with Crippen LogP contribution < -0.4 is 0 Å². The van der Waals surface area contributed by atoms with E-state index in [2.05, 4.69) is 57.0 Å². The first-order chi connectivity index (χ1) is 10.8. The third kappa shape index (κ3) is 2.91. The number of nitrogens with zero attached hydrogens (tertiary/aromatic N) is 1. The quantitative estimate of drug-likeness (QED) is 0.779. The minimum absolute atomic E-state index is 0.0377. The molecule has 0 aliphatic carbocycles. The number of carbonyl (C=O) groups excluding carboxylic acids is 1. The van der Waals surface area contributed by atoms with Crippen molar-refractivity contribution in [1.29, 1.82) is 0 Å². The van der Waals surface area contributed by atoms with E-state index in [9.17, 15) is 4.79 Å². The Kier molecular flexibility index (Phi) is 4.26. The second-order valence-corrected chi connectivity index (χ2v) is 8.23. The van der Waals surface area contributed by atoms with Crippen molar-refractivity contribution < 1.29 is 9.53 Å². The average molecular weight is 315 g/mol. The molecule has 23 heavy (non-hydrogen) atoms. The Hall–Kier alpha value is -1.35. The summed E-state index contributed by atoms with van der Waals surface area (Å²) in [5.41, 5.74) is 2.79. The summed E-state index contributed by atoms with van der Waals surface area (Å²) < 4.78 is 5.15. The molecule has 0 amide bonds. The molecule has 0 aromatic heterocycles. The largest absolute Gasteiger partial charge is 0.469 e. The van der Waals surface area contributed by atoms with Crippen LogP contribution in [0.3, 0.4) is 0 Å². The van der Waals surface area contributed by atoms with Crippen LogP contribution in [-0.2, 0) is 14.9 Å². The maximum atomic E-state index is 12.5. The van der Waals surface area contributed by atoms with Gasteiger partial charge in [-0.25, -0.2) is 0 Å². The first-order valence-electron chi connectivity index (χ1n) is 8.73. The number of hydrogen-bond acceptors (Lipinski definition) is 3. The summed E-state index contributed by atoms with van der Waals surface area (Å²) in [7, 11) is 3.68. The fourth-order valence-electron chi connectivity index (χ4n) is 4.50. The lowest BCUT2D eigenvalue weighted by molar-refractivity contribution is -0.150. The molecular weight excluding hydrogens is 286 g/mol. The van der Waals surface area contributed by atoms with Crippen molar-refractivity contribution >= 4 is 5.97 Å². The number of esters is 1. The molecular formula is C20H29NO2. The van der Waals surface area contributed by atoms with E-state index in [0.717, 1.165) is 12.8 Å². The van der Waals surface area contributed by atoms with Crippen molar-refractivity contribution in [3.8, 4) is 0 Å². The molecule has 0 spiro atoms. The molecule has 4 atom stereocenters. The Balaban J connectivity index is 1.92. The molecule has 0 radical (unpaired) electrons. The van der Waals surface area contributed by atoms with Gasteiger partial charge >= 0.3 is 5.97 Å². The van der Waals surface area contributed by atoms with Gasteiger partial charge in [0.05, 0.1) is 13.0 Å². The van der Waals surface area contributed by atoms with Crippen molar-refractivity contribution in [2.45, 2.75) is 63.5 Å². The number of hydrogen-bond donors (Lipinski definition) is 0. The van der Waals surface area contributed by atoms with E-state index in [-0.39, 0.29) is 23.2 Å². The third-order valence-corrected chi connectivity index (χ3v) is 5.95. The molecule has 3 heteroatoms. The first kappa shape index (κ1) is 16.5. The van der Waals surface area contributed by atoms with Gasteiger partial charge in [-0.3, -0.25) is 9.69 Å². The number of ether oxygens (including phenoxy) is 1. The number of benzene rings is 1. The lowest BCUT2D eigenvalue weighted by Gasteiger charge is -2.41. The molecule has 2 heterocycles. The molecule has 0 unspecified atom stereocenters. The van der Waals surface area contributed by atoms with Gasteiger partial charge in [0, 0.05) is 18.0 Å². The van der Waals surface area contributed by atoms with Crippen LogP contribution in [0.4, 0.5) is 0 Å². The highest BCUT2D eigenvalue weighted by Gasteiger charge is 2.49. The number of fused-ring (bicyclic) bond motifs is 2. The zero-order valence-corrected chi connectivity index (χ0v) is 15.0. The highest BCUT2D eigenvalue weighted by atomic mass is 16.5. The molecule has 2 saturated heterocycles. The van der Waals surface area contributed by atoms with Crippen LogP contribution in [0.2, 0.25) is 0 Å². The van der Waals surface area contributed by atoms with Crippen LogP contribution in [-0.4, -0.2) is 37.1 Å². The molecule has 2 aliphatic rings. The summed E-state index contributed by atoms with van der Waals surface area (Å²) in [6, 6.07) is 9.84. The predicted octanol–water partition coefficient (Wildman–Crippen LogP) is 3.72. The van der Waals surface area contributed by atoms with E-state index >= 15 is 0 Å². The van der Waals surface area contributed by atoms with E-state index in [4.69, 9.17) is 4.74 Å². The molecule has 3 rings (SSSR count). The van der Waals surface area contributed by atoms with Gasteiger partial charge in [0.15, 0.2) is 0 Å². The average Bonchev–Trinajstić information content (AvgIpc) is 2.75. The minimum Gasteiger partial charge on any atom is -0.469 e. The topological polar surface area (TPSA) is 29.5 Å². The summed E-state index contributed by atoms with van der Waals surface area (Å²) in [5, 5.41) is 0. The van der Waals surface area contributed by atoms with E-state index < -0.39 is 0 Å². The molecule has 1 aromatic carbocycles. The first-order valence-corrected chi connectivity index (χ1v) is 8.73. The molecule has 0 N–H and O–H groups in total. The molecule has 0 saturated carbocycles. The normalized spacial score (nSPS) is 31.2. The van der Waals surface area contributed by atoms with Crippen molar-refractivity contribution in [3.63, 3.8) is 0 Å². The zero-order valence-electron chi connectivity index (χ0n) is 15.0. The SMILES string of the molecule is COC(=O)[C@H]1[C@@H](c2ccc(C(C)(C)C)cc2)C[C@@H]2CC[C@H]1N2C. The standard InChI is InChI=1S/C20H29NO2/c1-20(2,3)14-8-6-13(7-9-14)16-12-15-10-11-17(21(15)4)18(16)19(22)23-5/h6-9,15-18H,10-12H2,1-5H3/t15-,16+,17+,18-/m0/s1. The van der Waals surface area contributed by atoms with E-state index in [1.807, 2.05) is 0 Å². The lowest BCUT2D eigenvalue weighted by atomic mass is 9.75. The minimum atomic E-state index is -0.0490. The predicted molar refractivity (Wildman–Crippen MR) is 92.6 cm³/mol. The van der Waals surface area contributed by atoms with E-state index in [1.54, 1.807) is 0 Å². The van der Waals surface area contributed by atoms with Gasteiger partial charge in [0.2, 0.25) is 0 Å². The molecule has 1 aromatic rings. The highest BCUT2D eigenvalue weighted by Crippen LogP contribution is 2.46. The van der Waals surface area contributed by atoms with Crippen LogP contribution in [0.5, 0.6) is 0 Å². The lowest BCUT2D eigenvalue weighted by Crippen LogP contribution is -2.49. The Morgan fingerprint density at radius 3 is 2.39 bits per heavy atom. The maximum absolute atomic E-state index is 12.5. The van der Waals surface area contributed by atoms with Crippen LogP contribution in [0.1, 0.15) is 57.1 Å². The number of rotatable bonds is 2. The van der Waals surface area contributed by atoms with Gasteiger partial charge < -0.3 is 4.74 Å². The highest BCUT2D eigenvalue weighted by molar-refractivity contribution is 5.75. The number of piperidine rings is 1. The van der Waals surface area contributed by atoms with Gasteiger partial charge in [0.1, 0.15) is 0 Å². The molecule has 126 valence electrons. The number of methoxy groups -OCH3 is 1. The Bertz CT molecular complexity index is 572. The van der Waals surface area contributed by atoms with E-state index in [0.29, 0.717) is 12.1 Å². The van der Waals surface area contributed by atoms with Crippen molar-refractivity contribution in [2.75, 3.05) is 14.2 Å². The monoisotopic (exact) mass is 315 g/mol. The molecule has 2 fully saturated rings. The molecule has 2 aliphatic heterocycles. The Labute approximate surface area is 140 Å². The Morgan fingerprint density at radius 2 is 1.83 bits per heavy atom. The second kappa shape index (κ2) is 5.94. The van der Waals surface area contributed by atoms with Gasteiger partial charge in [0.25, 0.3) is 0 Å². The second-order valence-electron chi connectivity index (χ2n) is 8.23. The smallest absolute Gasteiger partial charge is 0.310 e. The fourth-order valence-corrected chi connectivity index (χ4v) is 4.50. The third-order valence-electron chi connectivity index (χ3n) is 5.95. The Morgan fingerprint density at radius 1 is 1.17 bits per heavy atom. The molecule has 3 nitrogen and oxygen atoms in total. The van der Waals surface area contributed by atoms with Crippen molar-refractivity contribution in [3.05, 3.63) is 35.4 Å². The van der Waals surface area contributed by atoms with E-state index in [1.165, 1.54) is 24.7 Å². The van der Waals surface area contributed by atoms with Crippen molar-refractivity contribution in [2.24, 2.45) is 5.92 Å². The van der Waals surface area contributed by atoms with Gasteiger partial charge in [-0.1, -0.05) is 45.0 Å². The number of carbonyl (C=O) groups is 1. The van der Waals surface area contributed by atoms with Gasteiger partial charge in [-0.2, -0.15) is 0 Å². The van der Waals surface area contributed by atoms with Crippen molar-refractivity contribution in [1.82, 2.24) is 4.90 Å². The summed E-state index contributed by atoms with van der Waals surface area (Å²) >= 11 is 0. The van der Waals surface area contributed by atoms with Crippen LogP contribution >= 0.6 is 0 Å². The van der Waals surface area contributed by atoms with Gasteiger partial charge in [-0.15, -0.1) is 0 Å². The van der Waals surface area contributed by atoms with Crippen LogP contribution in [0, 0.1) is 5.92 Å². The van der Waals surface area contributed by atoms with Crippen LogP contribution in [0.25, 0.3) is 0 Å². The van der Waals surface area contributed by atoms with Crippen LogP contribution in [0.15, 0.2) is 24.3 Å². The zero-order chi connectivity index (χ0) is 16.8.